The summed E-state index contributed by atoms with van der Waals surface area (Å²) < 4.78 is 11.8. The van der Waals surface area contributed by atoms with Crippen LogP contribution in [0.1, 0.15) is 70.9 Å². The van der Waals surface area contributed by atoms with E-state index in [2.05, 4.69) is 32.2 Å². The average molecular weight is 305 g/mol. The molecule has 1 aromatic rings. The Balaban J connectivity index is 2.14. The minimum atomic E-state index is -0.0968. The molecule has 2 unspecified atom stereocenters. The summed E-state index contributed by atoms with van der Waals surface area (Å²) in [5, 5.41) is 3.74. The van der Waals surface area contributed by atoms with Gasteiger partial charge in [0.1, 0.15) is 17.1 Å². The molecule has 1 N–H and O–H groups in total. The smallest absolute Gasteiger partial charge is 0.128 e. The number of hydrogen-bond donors (Lipinski definition) is 1. The van der Waals surface area contributed by atoms with Crippen molar-refractivity contribution in [2.24, 2.45) is 0 Å². The molecule has 0 amide bonds. The van der Waals surface area contributed by atoms with Gasteiger partial charge in [0.15, 0.2) is 0 Å². The fourth-order valence-corrected chi connectivity index (χ4v) is 3.19. The van der Waals surface area contributed by atoms with Crippen molar-refractivity contribution < 1.29 is 9.47 Å². The molecule has 2 rings (SSSR count). The van der Waals surface area contributed by atoms with Gasteiger partial charge in [-0.05, 0) is 38.4 Å². The lowest BCUT2D eigenvalue weighted by Gasteiger charge is -2.40. The third-order valence-electron chi connectivity index (χ3n) is 4.76. The molecule has 0 spiro atoms. The van der Waals surface area contributed by atoms with E-state index in [1.54, 1.807) is 7.11 Å². The molecule has 1 aromatic carbocycles. The summed E-state index contributed by atoms with van der Waals surface area (Å²) in [5.74, 6) is 1.91. The monoisotopic (exact) mass is 305 g/mol. The first-order valence-electron chi connectivity index (χ1n) is 8.73. The molecule has 0 saturated carbocycles. The Morgan fingerprint density at radius 1 is 1.27 bits per heavy atom. The fourth-order valence-electron chi connectivity index (χ4n) is 3.19. The Morgan fingerprint density at radius 2 is 2.09 bits per heavy atom. The standard InChI is InChI=1S/C19H31NO2/c1-5-7-8-9-13-20-15-14-19(3,6-2)22-17-12-10-11-16(21-4)18(15)17/h10-12,15,20H,5-9,13-14H2,1-4H3. The van der Waals surface area contributed by atoms with Gasteiger partial charge in [-0.2, -0.15) is 0 Å². The first-order chi connectivity index (χ1) is 10.6. The highest BCUT2D eigenvalue weighted by Gasteiger charge is 2.37. The molecule has 1 aliphatic heterocycles. The van der Waals surface area contributed by atoms with Crippen molar-refractivity contribution >= 4 is 0 Å². The van der Waals surface area contributed by atoms with Crippen LogP contribution in [-0.4, -0.2) is 19.3 Å². The highest BCUT2D eigenvalue weighted by atomic mass is 16.5. The second kappa shape index (κ2) is 7.87. The van der Waals surface area contributed by atoms with Gasteiger partial charge >= 0.3 is 0 Å². The SMILES string of the molecule is CCCCCCNC1CC(C)(CC)Oc2cccc(OC)c21. The quantitative estimate of drug-likeness (QED) is 0.696. The van der Waals surface area contributed by atoms with E-state index in [1.807, 2.05) is 12.1 Å². The van der Waals surface area contributed by atoms with Gasteiger partial charge in [0, 0.05) is 12.5 Å². The highest BCUT2D eigenvalue weighted by Crippen LogP contribution is 2.45. The van der Waals surface area contributed by atoms with Gasteiger partial charge in [0.05, 0.1) is 12.7 Å². The lowest BCUT2D eigenvalue weighted by molar-refractivity contribution is 0.0431. The molecule has 1 heterocycles. The van der Waals surface area contributed by atoms with Crippen LogP contribution >= 0.6 is 0 Å². The van der Waals surface area contributed by atoms with Crippen molar-refractivity contribution in [1.82, 2.24) is 5.32 Å². The van der Waals surface area contributed by atoms with Crippen molar-refractivity contribution in [3.63, 3.8) is 0 Å². The molecule has 0 fully saturated rings. The summed E-state index contributed by atoms with van der Waals surface area (Å²) in [6, 6.07) is 6.42. The Hall–Kier alpha value is -1.22. The Bertz CT molecular complexity index is 475. The largest absolute Gasteiger partial charge is 0.496 e. The lowest BCUT2D eigenvalue weighted by Crippen LogP contribution is -2.41. The molecule has 1 aliphatic rings. The van der Waals surface area contributed by atoms with Crippen molar-refractivity contribution in [2.45, 2.75) is 70.9 Å². The van der Waals surface area contributed by atoms with E-state index in [1.165, 1.54) is 31.2 Å². The third-order valence-corrected chi connectivity index (χ3v) is 4.76. The number of methoxy groups -OCH3 is 1. The molecular formula is C19H31NO2. The van der Waals surface area contributed by atoms with E-state index >= 15 is 0 Å². The zero-order valence-electron chi connectivity index (χ0n) is 14.6. The molecule has 0 bridgehead atoms. The molecule has 2 atom stereocenters. The normalized spacial score (nSPS) is 23.7. The van der Waals surface area contributed by atoms with Gasteiger partial charge in [-0.3, -0.25) is 0 Å². The van der Waals surface area contributed by atoms with Gasteiger partial charge in [-0.1, -0.05) is 39.2 Å². The molecule has 3 nitrogen and oxygen atoms in total. The molecule has 0 aromatic heterocycles. The van der Waals surface area contributed by atoms with E-state index in [-0.39, 0.29) is 5.60 Å². The zero-order chi connectivity index (χ0) is 16.0. The number of rotatable bonds is 8. The highest BCUT2D eigenvalue weighted by molar-refractivity contribution is 5.48. The second-order valence-electron chi connectivity index (χ2n) is 6.55. The number of ether oxygens (including phenoxy) is 2. The van der Waals surface area contributed by atoms with Crippen LogP contribution in [0, 0.1) is 0 Å². The third kappa shape index (κ3) is 3.95. The predicted octanol–water partition coefficient (Wildman–Crippen LogP) is 4.86. The maximum Gasteiger partial charge on any atom is 0.128 e. The summed E-state index contributed by atoms with van der Waals surface area (Å²) in [6.45, 7) is 7.71. The minimum absolute atomic E-state index is 0.0968. The number of unbranched alkanes of at least 4 members (excludes halogenated alkanes) is 3. The first kappa shape index (κ1) is 17.1. The molecular weight excluding hydrogens is 274 g/mol. The number of nitrogens with one attached hydrogen (secondary N) is 1. The summed E-state index contributed by atoms with van der Waals surface area (Å²) >= 11 is 0. The van der Waals surface area contributed by atoms with Crippen LogP contribution in [0.4, 0.5) is 0 Å². The first-order valence-corrected chi connectivity index (χ1v) is 8.73. The summed E-state index contributed by atoms with van der Waals surface area (Å²) in [4.78, 5) is 0. The predicted molar refractivity (Wildman–Crippen MR) is 91.8 cm³/mol. The molecule has 0 saturated heterocycles. The molecule has 0 radical (unpaired) electrons. The Kier molecular flexibility index (Phi) is 6.13. The van der Waals surface area contributed by atoms with Crippen LogP contribution in [0.5, 0.6) is 11.5 Å². The van der Waals surface area contributed by atoms with Crippen molar-refractivity contribution in [3.8, 4) is 11.5 Å². The van der Waals surface area contributed by atoms with Gasteiger partial charge in [0.25, 0.3) is 0 Å². The second-order valence-corrected chi connectivity index (χ2v) is 6.55. The van der Waals surface area contributed by atoms with Crippen LogP contribution in [0.3, 0.4) is 0 Å². The zero-order valence-corrected chi connectivity index (χ0v) is 14.6. The van der Waals surface area contributed by atoms with Crippen molar-refractivity contribution in [2.75, 3.05) is 13.7 Å². The molecule has 0 aliphatic carbocycles. The van der Waals surface area contributed by atoms with Gasteiger partial charge < -0.3 is 14.8 Å². The van der Waals surface area contributed by atoms with Crippen LogP contribution < -0.4 is 14.8 Å². The molecule has 22 heavy (non-hydrogen) atoms. The average Bonchev–Trinajstić information content (AvgIpc) is 2.53. The topological polar surface area (TPSA) is 30.5 Å². The van der Waals surface area contributed by atoms with Crippen molar-refractivity contribution in [1.29, 1.82) is 0 Å². The maximum absolute atomic E-state index is 6.27. The van der Waals surface area contributed by atoms with E-state index in [0.717, 1.165) is 30.9 Å². The van der Waals surface area contributed by atoms with Crippen LogP contribution in [-0.2, 0) is 0 Å². The molecule has 3 heteroatoms. The van der Waals surface area contributed by atoms with E-state index < -0.39 is 0 Å². The summed E-state index contributed by atoms with van der Waals surface area (Å²) in [7, 11) is 1.74. The molecule has 124 valence electrons. The number of benzene rings is 1. The van der Waals surface area contributed by atoms with Crippen molar-refractivity contribution in [3.05, 3.63) is 23.8 Å². The van der Waals surface area contributed by atoms with E-state index in [4.69, 9.17) is 9.47 Å². The lowest BCUT2D eigenvalue weighted by atomic mass is 9.86. The van der Waals surface area contributed by atoms with Gasteiger partial charge in [0.2, 0.25) is 0 Å². The number of fused-ring (bicyclic) bond motifs is 1. The van der Waals surface area contributed by atoms with E-state index in [9.17, 15) is 0 Å². The Labute approximate surface area is 135 Å². The number of hydrogen-bond acceptors (Lipinski definition) is 3. The summed E-state index contributed by atoms with van der Waals surface area (Å²) in [6.07, 6.45) is 7.14. The van der Waals surface area contributed by atoms with Crippen LogP contribution in [0.25, 0.3) is 0 Å². The van der Waals surface area contributed by atoms with Crippen LogP contribution in [0.2, 0.25) is 0 Å². The van der Waals surface area contributed by atoms with Gasteiger partial charge in [-0.15, -0.1) is 0 Å². The maximum atomic E-state index is 6.27. The fraction of sp³-hybridized carbons (Fsp3) is 0.684. The van der Waals surface area contributed by atoms with E-state index in [0.29, 0.717) is 6.04 Å². The summed E-state index contributed by atoms with van der Waals surface area (Å²) in [5.41, 5.74) is 1.09. The minimum Gasteiger partial charge on any atom is -0.496 e. The van der Waals surface area contributed by atoms with Gasteiger partial charge in [-0.25, -0.2) is 0 Å². The Morgan fingerprint density at radius 3 is 2.77 bits per heavy atom. The van der Waals surface area contributed by atoms with Crippen LogP contribution in [0.15, 0.2) is 18.2 Å².